The lowest BCUT2D eigenvalue weighted by molar-refractivity contribution is -0.121. The second-order valence-corrected chi connectivity index (χ2v) is 4.99. The normalized spacial score (nSPS) is 24.3. The number of carbonyl (C=O) groups excluding carboxylic acids is 1. The van der Waals surface area contributed by atoms with Gasteiger partial charge >= 0.3 is 0 Å². The Labute approximate surface area is 94.4 Å². The molecule has 15 heavy (non-hydrogen) atoms. The number of allylic oxidation sites excluding steroid dienone is 1. The van der Waals surface area contributed by atoms with Crippen molar-refractivity contribution < 1.29 is 4.79 Å². The molecule has 1 radical (unpaired) electrons. The predicted octanol–water partition coefficient (Wildman–Crippen LogP) is 2.66. The Morgan fingerprint density at radius 1 is 1.60 bits per heavy atom. The van der Waals surface area contributed by atoms with Gasteiger partial charge in [0.1, 0.15) is 0 Å². The quantitative estimate of drug-likeness (QED) is 0.722. The third-order valence-electron chi connectivity index (χ3n) is 2.80. The summed E-state index contributed by atoms with van der Waals surface area (Å²) in [6.45, 7) is 2.08. The minimum absolute atomic E-state index is 0.0319. The highest BCUT2D eigenvalue weighted by molar-refractivity contribution is 8.17. The van der Waals surface area contributed by atoms with Crippen LogP contribution in [0.5, 0.6) is 0 Å². The van der Waals surface area contributed by atoms with E-state index in [1.807, 2.05) is 6.20 Å². The molecule has 4 heteroatoms. The maximum absolute atomic E-state index is 11.7. The molecule has 81 valence electrons. The van der Waals surface area contributed by atoms with Gasteiger partial charge in [0.2, 0.25) is 0 Å². The average Bonchev–Trinajstić information content (AvgIpc) is 2.87. The fourth-order valence-corrected chi connectivity index (χ4v) is 2.60. The summed E-state index contributed by atoms with van der Waals surface area (Å²) in [5.74, 6) is 0.198. The van der Waals surface area contributed by atoms with Crippen molar-refractivity contribution in [2.24, 2.45) is 10.9 Å². The molecule has 0 aromatic rings. The van der Waals surface area contributed by atoms with Gasteiger partial charge in [0.25, 0.3) is 5.91 Å². The number of carbonyl (C=O) groups is 1. The van der Waals surface area contributed by atoms with Crippen LogP contribution in [0, 0.1) is 5.92 Å². The van der Waals surface area contributed by atoms with Crippen LogP contribution in [-0.4, -0.2) is 11.1 Å². The zero-order valence-corrected chi connectivity index (χ0v) is 9.72. The lowest BCUT2D eigenvalue weighted by atomic mass is 10.1. The second kappa shape index (κ2) is 4.84. The minimum atomic E-state index is 0.0319. The van der Waals surface area contributed by atoms with E-state index < -0.39 is 0 Å². The first-order valence-corrected chi connectivity index (χ1v) is 6.31. The number of rotatable bonds is 2. The third kappa shape index (κ3) is 2.62. The van der Waals surface area contributed by atoms with Gasteiger partial charge in [-0.25, -0.2) is 5.32 Å². The van der Waals surface area contributed by atoms with Crippen molar-refractivity contribution >= 4 is 22.8 Å². The van der Waals surface area contributed by atoms with Crippen LogP contribution >= 0.6 is 11.8 Å². The number of hydrogen-bond donors (Lipinski definition) is 0. The highest BCUT2D eigenvalue weighted by atomic mass is 32.2. The number of nitrogens with zero attached hydrogens (tertiary/aromatic N) is 2. The zero-order valence-electron chi connectivity index (χ0n) is 8.90. The van der Waals surface area contributed by atoms with Crippen molar-refractivity contribution in [3.05, 3.63) is 11.1 Å². The van der Waals surface area contributed by atoms with E-state index in [-0.39, 0.29) is 11.8 Å². The van der Waals surface area contributed by atoms with E-state index in [4.69, 9.17) is 0 Å². The number of amides is 1. The second-order valence-electron chi connectivity index (χ2n) is 3.89. The van der Waals surface area contributed by atoms with Gasteiger partial charge in [0.05, 0.1) is 0 Å². The molecule has 1 fully saturated rings. The zero-order chi connectivity index (χ0) is 10.7. The van der Waals surface area contributed by atoms with Gasteiger partial charge < -0.3 is 0 Å². The predicted molar refractivity (Wildman–Crippen MR) is 62.5 cm³/mol. The average molecular weight is 223 g/mol. The number of aliphatic imine (C=N–C) groups is 1. The van der Waals surface area contributed by atoms with Crippen LogP contribution in [0.3, 0.4) is 0 Å². The van der Waals surface area contributed by atoms with Crippen molar-refractivity contribution in [3.63, 3.8) is 0 Å². The fraction of sp³-hybridized carbons (Fsp3) is 0.636. The lowest BCUT2D eigenvalue weighted by Crippen LogP contribution is -2.11. The molecule has 0 unspecified atom stereocenters. The fourth-order valence-electron chi connectivity index (χ4n) is 1.87. The van der Waals surface area contributed by atoms with E-state index in [9.17, 15) is 4.79 Å². The summed E-state index contributed by atoms with van der Waals surface area (Å²) in [7, 11) is 0. The van der Waals surface area contributed by atoms with E-state index in [2.05, 4.69) is 17.2 Å². The Balaban J connectivity index is 1.91. The molecule has 0 aromatic carbocycles. The first kappa shape index (κ1) is 10.7. The number of hydrogen-bond acceptors (Lipinski definition) is 2. The van der Waals surface area contributed by atoms with E-state index in [1.165, 1.54) is 29.5 Å². The highest BCUT2D eigenvalue weighted by Gasteiger charge is 2.23. The molecular formula is C11H15N2OS. The van der Waals surface area contributed by atoms with Crippen molar-refractivity contribution in [1.29, 1.82) is 0 Å². The Morgan fingerprint density at radius 2 is 2.33 bits per heavy atom. The van der Waals surface area contributed by atoms with Gasteiger partial charge in [-0.2, -0.15) is 4.99 Å². The maximum atomic E-state index is 11.7. The summed E-state index contributed by atoms with van der Waals surface area (Å²) < 4.78 is 0. The van der Waals surface area contributed by atoms with Gasteiger partial charge in [-0.3, -0.25) is 4.79 Å². The van der Waals surface area contributed by atoms with Gasteiger partial charge in [-0.15, -0.1) is 0 Å². The summed E-state index contributed by atoms with van der Waals surface area (Å²) in [6.07, 6.45) is 7.13. The Morgan fingerprint density at radius 3 is 2.93 bits per heavy atom. The van der Waals surface area contributed by atoms with Crippen LogP contribution in [0.15, 0.2) is 16.1 Å². The largest absolute Gasteiger partial charge is 0.272 e. The smallest absolute Gasteiger partial charge is 0.251 e. The molecule has 0 N–H and O–H groups in total. The molecular weight excluding hydrogens is 208 g/mol. The third-order valence-corrected chi connectivity index (χ3v) is 3.84. The summed E-state index contributed by atoms with van der Waals surface area (Å²) in [5.41, 5.74) is 0. The van der Waals surface area contributed by atoms with Crippen LogP contribution < -0.4 is 5.32 Å². The summed E-state index contributed by atoms with van der Waals surface area (Å²) in [4.78, 5) is 17.0. The molecule has 1 aliphatic carbocycles. The molecule has 1 amide bonds. The van der Waals surface area contributed by atoms with E-state index >= 15 is 0 Å². The van der Waals surface area contributed by atoms with Crippen molar-refractivity contribution in [2.75, 3.05) is 0 Å². The molecule has 0 saturated heterocycles. The first-order valence-electron chi connectivity index (χ1n) is 5.50. The van der Waals surface area contributed by atoms with Crippen LogP contribution in [0.2, 0.25) is 0 Å². The molecule has 0 spiro atoms. The summed E-state index contributed by atoms with van der Waals surface area (Å²) in [6, 6.07) is 0. The molecule has 1 heterocycles. The topological polar surface area (TPSA) is 43.5 Å². The molecule has 0 atom stereocenters. The van der Waals surface area contributed by atoms with Crippen LogP contribution in [0.4, 0.5) is 0 Å². The SMILES string of the molecule is CCC1=C[N]C(=NC(=O)C2CCCC2)S1. The van der Waals surface area contributed by atoms with Crippen LogP contribution in [0.1, 0.15) is 39.0 Å². The minimum Gasteiger partial charge on any atom is -0.272 e. The number of amidine groups is 1. The monoisotopic (exact) mass is 223 g/mol. The first-order chi connectivity index (χ1) is 7.29. The lowest BCUT2D eigenvalue weighted by Gasteiger charge is -2.02. The molecule has 2 rings (SSSR count). The van der Waals surface area contributed by atoms with Crippen molar-refractivity contribution in [3.8, 4) is 0 Å². The number of thioether (sulfide) groups is 1. The highest BCUT2D eigenvalue weighted by Crippen LogP contribution is 2.28. The van der Waals surface area contributed by atoms with E-state index in [0.717, 1.165) is 19.3 Å². The Hall–Kier alpha value is -0.770. The Bertz CT molecular complexity index is 317. The van der Waals surface area contributed by atoms with Gasteiger partial charge in [-0.05, 0) is 19.3 Å². The summed E-state index contributed by atoms with van der Waals surface area (Å²) >= 11 is 1.52. The Kier molecular flexibility index (Phi) is 3.46. The van der Waals surface area contributed by atoms with Crippen LogP contribution in [-0.2, 0) is 4.79 Å². The van der Waals surface area contributed by atoms with Gasteiger partial charge in [-0.1, -0.05) is 31.5 Å². The molecule has 1 aliphatic heterocycles. The van der Waals surface area contributed by atoms with Gasteiger partial charge in [0.15, 0.2) is 5.17 Å². The molecule has 0 aromatic heterocycles. The maximum Gasteiger partial charge on any atom is 0.251 e. The summed E-state index contributed by atoms with van der Waals surface area (Å²) in [5, 5.41) is 4.76. The molecule has 0 bridgehead atoms. The van der Waals surface area contributed by atoms with Crippen molar-refractivity contribution in [2.45, 2.75) is 39.0 Å². The standard InChI is InChI=1S/C11H15N2OS/c1-2-9-7-12-11(15-9)13-10(14)8-5-3-4-6-8/h7-8H,2-6H2,1H3. The van der Waals surface area contributed by atoms with E-state index in [0.29, 0.717) is 5.17 Å². The van der Waals surface area contributed by atoms with Crippen LogP contribution in [0.25, 0.3) is 0 Å². The van der Waals surface area contributed by atoms with Crippen molar-refractivity contribution in [1.82, 2.24) is 5.32 Å². The van der Waals surface area contributed by atoms with Gasteiger partial charge in [0, 0.05) is 17.0 Å². The molecule has 3 nitrogen and oxygen atoms in total. The van der Waals surface area contributed by atoms with E-state index in [1.54, 1.807) is 0 Å². The molecule has 2 aliphatic rings. The molecule has 1 saturated carbocycles.